The maximum absolute atomic E-state index is 3.57. The molecule has 1 heterocycles. The first kappa shape index (κ1) is 14.4. The number of rotatable bonds is 6. The normalized spacial score (nSPS) is 21.1. The smallest absolute Gasteiger partial charge is 0.0108 e. The minimum atomic E-state index is 0.917. The average molecular weight is 328 g/mol. The van der Waals surface area contributed by atoms with Crippen LogP contribution >= 0.6 is 27.7 Å². The van der Waals surface area contributed by atoms with Crippen molar-refractivity contribution in [2.45, 2.75) is 24.2 Å². The van der Waals surface area contributed by atoms with Crippen molar-refractivity contribution in [2.75, 3.05) is 30.7 Å². The molecule has 1 aliphatic heterocycles. The number of alkyl halides is 1. The largest absolute Gasteiger partial charge is 0.302 e. The van der Waals surface area contributed by atoms with E-state index in [1.54, 1.807) is 0 Å². The molecule has 1 nitrogen and oxygen atoms in total. The quantitative estimate of drug-likeness (QED) is 0.566. The second-order valence-electron chi connectivity index (χ2n) is 4.95. The first-order chi connectivity index (χ1) is 8.88. The van der Waals surface area contributed by atoms with Crippen molar-refractivity contribution in [3.05, 3.63) is 30.3 Å². The highest BCUT2D eigenvalue weighted by molar-refractivity contribution is 9.09. The molecule has 0 aliphatic carbocycles. The van der Waals surface area contributed by atoms with Crippen LogP contribution < -0.4 is 0 Å². The lowest BCUT2D eigenvalue weighted by Crippen LogP contribution is -2.36. The first-order valence-corrected chi connectivity index (χ1v) is 8.95. The Kier molecular flexibility index (Phi) is 6.60. The standard InChI is InChI=1S/C15H22BrNS/c16-9-8-14-5-4-10-17(13-14)11-12-18-15-6-2-1-3-7-15/h1-3,6-7,14H,4-5,8-13H2. The number of likely N-dealkylation sites (tertiary alicyclic amines) is 1. The predicted molar refractivity (Wildman–Crippen MR) is 84.7 cm³/mol. The van der Waals surface area contributed by atoms with Crippen molar-refractivity contribution in [1.82, 2.24) is 4.90 Å². The van der Waals surface area contributed by atoms with Crippen LogP contribution in [0.5, 0.6) is 0 Å². The van der Waals surface area contributed by atoms with Crippen LogP contribution in [0.25, 0.3) is 0 Å². The van der Waals surface area contributed by atoms with Gasteiger partial charge >= 0.3 is 0 Å². The summed E-state index contributed by atoms with van der Waals surface area (Å²) in [6.07, 6.45) is 4.14. The van der Waals surface area contributed by atoms with Gasteiger partial charge in [0.1, 0.15) is 0 Å². The Labute approximate surface area is 123 Å². The van der Waals surface area contributed by atoms with E-state index in [0.29, 0.717) is 0 Å². The molecular weight excluding hydrogens is 306 g/mol. The molecule has 0 saturated carbocycles. The van der Waals surface area contributed by atoms with Gasteiger partial charge in [-0.3, -0.25) is 0 Å². The second-order valence-corrected chi connectivity index (χ2v) is 6.91. The van der Waals surface area contributed by atoms with Crippen LogP contribution in [0.4, 0.5) is 0 Å². The Balaban J connectivity index is 1.67. The summed E-state index contributed by atoms with van der Waals surface area (Å²) in [6, 6.07) is 10.7. The fraction of sp³-hybridized carbons (Fsp3) is 0.600. The van der Waals surface area contributed by atoms with Crippen molar-refractivity contribution in [3.63, 3.8) is 0 Å². The molecule has 0 aromatic heterocycles. The van der Waals surface area contributed by atoms with Gasteiger partial charge in [0.25, 0.3) is 0 Å². The minimum absolute atomic E-state index is 0.917. The van der Waals surface area contributed by atoms with Crippen molar-refractivity contribution in [1.29, 1.82) is 0 Å². The molecule has 0 N–H and O–H groups in total. The Bertz CT molecular complexity index is 329. The Morgan fingerprint density at radius 1 is 1.28 bits per heavy atom. The van der Waals surface area contributed by atoms with Gasteiger partial charge in [-0.15, -0.1) is 11.8 Å². The van der Waals surface area contributed by atoms with Crippen LogP contribution in [0, 0.1) is 5.92 Å². The molecule has 1 unspecified atom stereocenters. The third-order valence-corrected chi connectivity index (χ3v) is 4.99. The minimum Gasteiger partial charge on any atom is -0.302 e. The van der Waals surface area contributed by atoms with E-state index in [-0.39, 0.29) is 0 Å². The van der Waals surface area contributed by atoms with E-state index < -0.39 is 0 Å². The fourth-order valence-electron chi connectivity index (χ4n) is 2.55. The molecule has 1 aromatic carbocycles. The van der Waals surface area contributed by atoms with Crippen LogP contribution in [0.3, 0.4) is 0 Å². The summed E-state index contributed by atoms with van der Waals surface area (Å²) in [6.45, 7) is 3.84. The van der Waals surface area contributed by atoms with E-state index >= 15 is 0 Å². The molecule has 3 heteroatoms. The number of halogens is 1. The zero-order valence-corrected chi connectivity index (χ0v) is 13.3. The molecule has 18 heavy (non-hydrogen) atoms. The topological polar surface area (TPSA) is 3.24 Å². The van der Waals surface area contributed by atoms with E-state index in [9.17, 15) is 0 Å². The number of nitrogens with zero attached hydrogens (tertiary/aromatic N) is 1. The van der Waals surface area contributed by atoms with Gasteiger partial charge in [-0.2, -0.15) is 0 Å². The summed E-state index contributed by atoms with van der Waals surface area (Å²) in [7, 11) is 0. The molecule has 0 radical (unpaired) electrons. The van der Waals surface area contributed by atoms with Crippen LogP contribution in [0.15, 0.2) is 35.2 Å². The first-order valence-electron chi connectivity index (χ1n) is 6.84. The van der Waals surface area contributed by atoms with Crippen molar-refractivity contribution in [2.24, 2.45) is 5.92 Å². The SMILES string of the molecule is BrCCC1CCCN(CCSc2ccccc2)C1. The van der Waals surface area contributed by atoms with Gasteiger partial charge in [0, 0.05) is 29.1 Å². The predicted octanol–water partition coefficient (Wildman–Crippen LogP) is 4.28. The zero-order chi connectivity index (χ0) is 12.6. The molecule has 1 aliphatic rings. The zero-order valence-electron chi connectivity index (χ0n) is 10.9. The Morgan fingerprint density at radius 3 is 2.89 bits per heavy atom. The lowest BCUT2D eigenvalue weighted by molar-refractivity contribution is 0.182. The van der Waals surface area contributed by atoms with Crippen molar-refractivity contribution in [3.8, 4) is 0 Å². The van der Waals surface area contributed by atoms with E-state index in [4.69, 9.17) is 0 Å². The van der Waals surface area contributed by atoms with Gasteiger partial charge in [-0.1, -0.05) is 34.1 Å². The number of thioether (sulfide) groups is 1. The summed E-state index contributed by atoms with van der Waals surface area (Å²) in [4.78, 5) is 4.04. The maximum atomic E-state index is 3.57. The molecule has 0 bridgehead atoms. The monoisotopic (exact) mass is 327 g/mol. The van der Waals surface area contributed by atoms with Crippen molar-refractivity contribution < 1.29 is 0 Å². The van der Waals surface area contributed by atoms with Crippen molar-refractivity contribution >= 4 is 27.7 Å². The summed E-state index contributed by atoms with van der Waals surface area (Å²) in [5.41, 5.74) is 0. The molecule has 100 valence electrons. The molecule has 0 spiro atoms. The van der Waals surface area contributed by atoms with Gasteiger partial charge in [0.15, 0.2) is 0 Å². The third-order valence-electron chi connectivity index (χ3n) is 3.54. The molecule has 0 amide bonds. The number of hydrogen-bond acceptors (Lipinski definition) is 2. The molecule has 1 saturated heterocycles. The summed E-state index contributed by atoms with van der Waals surface area (Å²) >= 11 is 5.54. The molecule has 2 rings (SSSR count). The van der Waals surface area contributed by atoms with Crippen LogP contribution in [-0.2, 0) is 0 Å². The van der Waals surface area contributed by atoms with Crippen LogP contribution in [0.2, 0.25) is 0 Å². The third kappa shape index (κ3) is 4.94. The summed E-state index contributed by atoms with van der Waals surface area (Å²) < 4.78 is 0. The summed E-state index contributed by atoms with van der Waals surface area (Å²) in [5, 5.41) is 1.16. The fourth-order valence-corrected chi connectivity index (χ4v) is 4.14. The molecule has 1 atom stereocenters. The van der Waals surface area contributed by atoms with Gasteiger partial charge in [-0.25, -0.2) is 0 Å². The highest BCUT2D eigenvalue weighted by Crippen LogP contribution is 2.22. The van der Waals surface area contributed by atoms with E-state index in [1.165, 1.54) is 49.5 Å². The Hall–Kier alpha value is 0.0100. The number of piperidine rings is 1. The lowest BCUT2D eigenvalue weighted by atomic mass is 9.96. The van der Waals surface area contributed by atoms with Gasteiger partial charge in [-0.05, 0) is 43.9 Å². The van der Waals surface area contributed by atoms with Gasteiger partial charge in [0.2, 0.25) is 0 Å². The number of hydrogen-bond donors (Lipinski definition) is 0. The van der Waals surface area contributed by atoms with E-state index in [2.05, 4.69) is 51.2 Å². The van der Waals surface area contributed by atoms with Crippen LogP contribution in [-0.4, -0.2) is 35.6 Å². The lowest BCUT2D eigenvalue weighted by Gasteiger charge is -2.32. The highest BCUT2D eigenvalue weighted by Gasteiger charge is 2.18. The second kappa shape index (κ2) is 8.23. The average Bonchev–Trinajstić information content (AvgIpc) is 2.41. The highest BCUT2D eigenvalue weighted by atomic mass is 79.9. The van der Waals surface area contributed by atoms with E-state index in [0.717, 1.165) is 11.2 Å². The molecule has 1 aromatic rings. The Morgan fingerprint density at radius 2 is 2.11 bits per heavy atom. The molecule has 1 fully saturated rings. The number of benzene rings is 1. The van der Waals surface area contributed by atoms with Gasteiger partial charge < -0.3 is 4.90 Å². The van der Waals surface area contributed by atoms with Crippen LogP contribution in [0.1, 0.15) is 19.3 Å². The van der Waals surface area contributed by atoms with E-state index in [1.807, 2.05) is 11.8 Å². The summed E-state index contributed by atoms with van der Waals surface area (Å²) in [5.74, 6) is 2.13. The van der Waals surface area contributed by atoms with Gasteiger partial charge in [0.05, 0.1) is 0 Å². The molecular formula is C15H22BrNS. The maximum Gasteiger partial charge on any atom is 0.0108 e.